The first kappa shape index (κ1) is 9.78. The summed E-state index contributed by atoms with van der Waals surface area (Å²) in [7, 11) is 0. The van der Waals surface area contributed by atoms with Crippen molar-refractivity contribution < 1.29 is 9.18 Å². The minimum Gasteiger partial charge on any atom is -0.275 e. The van der Waals surface area contributed by atoms with Crippen LogP contribution in [0.5, 0.6) is 0 Å². The summed E-state index contributed by atoms with van der Waals surface area (Å²) in [6.07, 6.45) is 0. The van der Waals surface area contributed by atoms with Crippen LogP contribution in [0.3, 0.4) is 0 Å². The molecule has 12 heavy (non-hydrogen) atoms. The van der Waals surface area contributed by atoms with Gasteiger partial charge in [-0.25, -0.2) is 4.39 Å². The number of benzene rings is 1. The van der Waals surface area contributed by atoms with Crippen molar-refractivity contribution in [3.05, 3.63) is 33.6 Å². The van der Waals surface area contributed by atoms with Gasteiger partial charge in [-0.2, -0.15) is 0 Å². The average molecular weight is 227 g/mol. The second-order valence-corrected chi connectivity index (χ2v) is 3.13. The molecule has 0 aliphatic carbocycles. The molecule has 0 aliphatic rings. The van der Waals surface area contributed by atoms with Crippen molar-refractivity contribution in [2.24, 2.45) is 0 Å². The SMILES string of the molecule is O=C(Cl)c1ccc(Cl)c(Cl)c1F. The standard InChI is InChI=1S/C7H2Cl3FO/c8-4-2-1-3(7(10)12)6(11)5(4)9/h1-2H. The first-order valence-corrected chi connectivity index (χ1v) is 4.00. The maximum Gasteiger partial charge on any atom is 0.255 e. The van der Waals surface area contributed by atoms with Crippen molar-refractivity contribution in [1.29, 1.82) is 0 Å². The van der Waals surface area contributed by atoms with E-state index in [-0.39, 0.29) is 15.6 Å². The summed E-state index contributed by atoms with van der Waals surface area (Å²) in [6, 6.07) is 2.49. The zero-order chi connectivity index (χ0) is 9.30. The first-order valence-electron chi connectivity index (χ1n) is 2.87. The molecule has 0 aliphatic heterocycles. The van der Waals surface area contributed by atoms with Crippen LogP contribution >= 0.6 is 34.8 Å². The zero-order valence-corrected chi connectivity index (χ0v) is 7.84. The van der Waals surface area contributed by atoms with Gasteiger partial charge in [-0.3, -0.25) is 4.79 Å². The van der Waals surface area contributed by atoms with E-state index in [1.54, 1.807) is 0 Å². The molecule has 0 amide bonds. The highest BCUT2D eigenvalue weighted by molar-refractivity contribution is 6.68. The van der Waals surface area contributed by atoms with Gasteiger partial charge in [-0.1, -0.05) is 23.2 Å². The van der Waals surface area contributed by atoms with Crippen molar-refractivity contribution in [3.63, 3.8) is 0 Å². The number of carbonyl (C=O) groups is 1. The van der Waals surface area contributed by atoms with Crippen LogP contribution < -0.4 is 0 Å². The highest BCUT2D eigenvalue weighted by atomic mass is 35.5. The van der Waals surface area contributed by atoms with Crippen LogP contribution in [0, 0.1) is 5.82 Å². The minimum atomic E-state index is -0.897. The van der Waals surface area contributed by atoms with Gasteiger partial charge in [-0.05, 0) is 23.7 Å². The predicted octanol–water partition coefficient (Wildman–Crippen LogP) is 3.51. The van der Waals surface area contributed by atoms with E-state index in [0.29, 0.717) is 0 Å². The van der Waals surface area contributed by atoms with Crippen molar-refractivity contribution in [2.75, 3.05) is 0 Å². The molecule has 0 aromatic heterocycles. The van der Waals surface area contributed by atoms with Gasteiger partial charge in [0.05, 0.1) is 15.6 Å². The van der Waals surface area contributed by atoms with E-state index >= 15 is 0 Å². The Morgan fingerprint density at radius 3 is 2.42 bits per heavy atom. The third-order valence-corrected chi connectivity index (χ3v) is 2.23. The molecule has 5 heteroatoms. The highest BCUT2D eigenvalue weighted by Gasteiger charge is 2.14. The summed E-state index contributed by atoms with van der Waals surface area (Å²) in [4.78, 5) is 10.6. The Kier molecular flexibility index (Phi) is 2.94. The van der Waals surface area contributed by atoms with E-state index in [2.05, 4.69) is 0 Å². The molecule has 64 valence electrons. The van der Waals surface area contributed by atoms with Crippen LogP contribution in [-0.4, -0.2) is 5.24 Å². The summed E-state index contributed by atoms with van der Waals surface area (Å²) in [5.74, 6) is -0.885. The Labute approximate surface area is 83.0 Å². The number of hydrogen-bond donors (Lipinski definition) is 0. The normalized spacial score (nSPS) is 10.0. The minimum absolute atomic E-state index is 0.0517. The fraction of sp³-hybridized carbons (Fsp3) is 0. The Balaban J connectivity index is 3.36. The number of hydrogen-bond acceptors (Lipinski definition) is 1. The van der Waals surface area contributed by atoms with Crippen molar-refractivity contribution in [3.8, 4) is 0 Å². The van der Waals surface area contributed by atoms with Crippen molar-refractivity contribution >= 4 is 40.0 Å². The van der Waals surface area contributed by atoms with E-state index in [0.717, 1.165) is 0 Å². The number of carbonyl (C=O) groups excluding carboxylic acids is 1. The van der Waals surface area contributed by atoms with Gasteiger partial charge in [0.1, 0.15) is 0 Å². The molecule has 0 saturated carbocycles. The molecule has 1 aromatic rings. The van der Waals surface area contributed by atoms with Crippen LogP contribution in [0.2, 0.25) is 10.0 Å². The molecule has 1 nitrogen and oxygen atoms in total. The Morgan fingerprint density at radius 2 is 1.92 bits per heavy atom. The number of halogens is 4. The quantitative estimate of drug-likeness (QED) is 0.530. The molecule has 0 saturated heterocycles. The van der Waals surface area contributed by atoms with Gasteiger partial charge in [-0.15, -0.1) is 0 Å². The van der Waals surface area contributed by atoms with Gasteiger partial charge < -0.3 is 0 Å². The number of rotatable bonds is 1. The molecule has 0 radical (unpaired) electrons. The van der Waals surface area contributed by atoms with Crippen molar-refractivity contribution in [1.82, 2.24) is 0 Å². The first-order chi connectivity index (χ1) is 5.54. The smallest absolute Gasteiger partial charge is 0.255 e. The van der Waals surface area contributed by atoms with E-state index < -0.39 is 11.1 Å². The lowest BCUT2D eigenvalue weighted by molar-refractivity contribution is 0.107. The highest BCUT2D eigenvalue weighted by Crippen LogP contribution is 2.27. The third kappa shape index (κ3) is 1.71. The lowest BCUT2D eigenvalue weighted by atomic mass is 10.2. The Morgan fingerprint density at radius 1 is 1.33 bits per heavy atom. The summed E-state index contributed by atoms with van der Waals surface area (Å²) in [5, 5.41) is -1.13. The zero-order valence-electron chi connectivity index (χ0n) is 5.57. The van der Waals surface area contributed by atoms with E-state index in [1.165, 1.54) is 12.1 Å². The average Bonchev–Trinajstić information content (AvgIpc) is 2.00. The molecule has 0 fully saturated rings. The maximum absolute atomic E-state index is 13.0. The largest absolute Gasteiger partial charge is 0.275 e. The summed E-state index contributed by atoms with van der Waals surface area (Å²) in [5.41, 5.74) is -0.272. The van der Waals surface area contributed by atoms with Crippen LogP contribution in [-0.2, 0) is 0 Å². The molecule has 1 rings (SSSR count). The van der Waals surface area contributed by atoms with Crippen LogP contribution in [0.4, 0.5) is 4.39 Å². The van der Waals surface area contributed by atoms with E-state index in [1.807, 2.05) is 0 Å². The van der Waals surface area contributed by atoms with Gasteiger partial charge in [0.2, 0.25) is 0 Å². The Hall–Kier alpha value is -0.310. The predicted molar refractivity (Wildman–Crippen MR) is 46.6 cm³/mol. The monoisotopic (exact) mass is 226 g/mol. The summed E-state index contributed by atoms with van der Waals surface area (Å²) in [6.45, 7) is 0. The van der Waals surface area contributed by atoms with Gasteiger partial charge in [0.15, 0.2) is 5.82 Å². The summed E-state index contributed by atoms with van der Waals surface area (Å²) < 4.78 is 13.0. The van der Waals surface area contributed by atoms with E-state index in [4.69, 9.17) is 34.8 Å². The molecule has 0 unspecified atom stereocenters. The molecule has 1 aromatic carbocycles. The fourth-order valence-electron chi connectivity index (χ4n) is 0.678. The molecule has 0 atom stereocenters. The van der Waals surface area contributed by atoms with Crippen molar-refractivity contribution in [2.45, 2.75) is 0 Å². The van der Waals surface area contributed by atoms with E-state index in [9.17, 15) is 9.18 Å². The molecular weight excluding hydrogens is 225 g/mol. The maximum atomic E-state index is 13.0. The lowest BCUT2D eigenvalue weighted by Crippen LogP contribution is -1.94. The van der Waals surface area contributed by atoms with Gasteiger partial charge in [0, 0.05) is 0 Å². The fourth-order valence-corrected chi connectivity index (χ4v) is 1.13. The molecule has 0 spiro atoms. The molecule has 0 heterocycles. The molecular formula is C7H2Cl3FO. The van der Waals surface area contributed by atoms with Crippen LogP contribution in [0.15, 0.2) is 12.1 Å². The summed E-state index contributed by atoms with van der Waals surface area (Å²) >= 11 is 15.9. The molecule has 0 bridgehead atoms. The third-order valence-electron chi connectivity index (χ3n) is 1.25. The second-order valence-electron chi connectivity index (χ2n) is 2.00. The van der Waals surface area contributed by atoms with Crippen LogP contribution in [0.1, 0.15) is 10.4 Å². The Bertz CT molecular complexity index is 338. The lowest BCUT2D eigenvalue weighted by Gasteiger charge is -2.00. The molecule has 0 N–H and O–H groups in total. The van der Waals surface area contributed by atoms with Crippen LogP contribution in [0.25, 0.3) is 0 Å². The second kappa shape index (κ2) is 3.60. The van der Waals surface area contributed by atoms with Gasteiger partial charge >= 0.3 is 0 Å². The van der Waals surface area contributed by atoms with Gasteiger partial charge in [0.25, 0.3) is 5.24 Å². The topological polar surface area (TPSA) is 17.1 Å².